The van der Waals surface area contributed by atoms with Crippen molar-refractivity contribution in [3.63, 3.8) is 0 Å². The van der Waals surface area contributed by atoms with Crippen LogP contribution in [0, 0.1) is 5.92 Å². The van der Waals surface area contributed by atoms with Crippen LogP contribution < -0.4 is 10.6 Å². The van der Waals surface area contributed by atoms with Crippen molar-refractivity contribution >= 4 is 17.7 Å². The van der Waals surface area contributed by atoms with Gasteiger partial charge in [-0.1, -0.05) is 0 Å². The van der Waals surface area contributed by atoms with Gasteiger partial charge < -0.3 is 15.7 Å². The molecule has 0 atom stereocenters. The number of anilines is 1. The van der Waals surface area contributed by atoms with Crippen molar-refractivity contribution in [1.82, 2.24) is 25.0 Å². The van der Waals surface area contributed by atoms with E-state index in [4.69, 9.17) is 5.11 Å². The van der Waals surface area contributed by atoms with Crippen molar-refractivity contribution in [2.75, 3.05) is 18.4 Å². The van der Waals surface area contributed by atoms with Gasteiger partial charge in [0.25, 0.3) is 0 Å². The Morgan fingerprint density at radius 3 is 2.79 bits per heavy atom. The number of carboxylic acid groups (broad SMARTS) is 1. The summed E-state index contributed by atoms with van der Waals surface area (Å²) in [5, 5.41) is 19.2. The van der Waals surface area contributed by atoms with Crippen molar-refractivity contribution in [3.8, 4) is 11.3 Å². The highest BCUT2D eigenvalue weighted by molar-refractivity contribution is 5.93. The fourth-order valence-corrected chi connectivity index (χ4v) is 3.78. The standard InChI is InChI=1S/C20H26N6O3/c1-25-11-14(9-22-25)19-17(3-2-6-21-19)24-20(29)23-15-7-16(8-15)26(12-18(27)28)10-13-4-5-13/h2-3,6,9,11,13,15-16H,4-5,7-8,10,12H2,1H3,(H,27,28)(H2,23,24,29). The monoisotopic (exact) mass is 398 g/mol. The lowest BCUT2D eigenvalue weighted by Gasteiger charge is -2.42. The van der Waals surface area contributed by atoms with Gasteiger partial charge in [-0.15, -0.1) is 0 Å². The molecule has 2 heterocycles. The van der Waals surface area contributed by atoms with E-state index < -0.39 is 5.97 Å². The van der Waals surface area contributed by atoms with Crippen LogP contribution in [0.15, 0.2) is 30.7 Å². The first-order valence-corrected chi connectivity index (χ1v) is 9.95. The van der Waals surface area contributed by atoms with Gasteiger partial charge in [0.15, 0.2) is 0 Å². The van der Waals surface area contributed by atoms with E-state index in [-0.39, 0.29) is 24.7 Å². The van der Waals surface area contributed by atoms with Gasteiger partial charge in [0.2, 0.25) is 0 Å². The molecule has 9 heteroatoms. The molecule has 2 amide bonds. The van der Waals surface area contributed by atoms with Crippen LogP contribution >= 0.6 is 0 Å². The molecule has 9 nitrogen and oxygen atoms in total. The summed E-state index contributed by atoms with van der Waals surface area (Å²) in [6.45, 7) is 0.921. The quantitative estimate of drug-likeness (QED) is 0.626. The molecule has 0 bridgehead atoms. The second kappa shape index (κ2) is 8.20. The van der Waals surface area contributed by atoms with E-state index in [9.17, 15) is 9.59 Å². The number of rotatable bonds is 8. The molecule has 3 N–H and O–H groups in total. The Hall–Kier alpha value is -2.94. The van der Waals surface area contributed by atoms with Crippen LogP contribution in [0.1, 0.15) is 25.7 Å². The molecular weight excluding hydrogens is 372 g/mol. The van der Waals surface area contributed by atoms with Crippen molar-refractivity contribution in [2.24, 2.45) is 13.0 Å². The third-order valence-corrected chi connectivity index (χ3v) is 5.53. The molecule has 2 fully saturated rings. The van der Waals surface area contributed by atoms with Gasteiger partial charge in [0.05, 0.1) is 24.1 Å². The fourth-order valence-electron chi connectivity index (χ4n) is 3.78. The largest absolute Gasteiger partial charge is 0.480 e. The zero-order valence-electron chi connectivity index (χ0n) is 16.4. The number of aryl methyl sites for hydroxylation is 1. The van der Waals surface area contributed by atoms with Crippen molar-refractivity contribution in [3.05, 3.63) is 30.7 Å². The molecule has 0 aromatic carbocycles. The lowest BCUT2D eigenvalue weighted by atomic mass is 9.85. The number of pyridine rings is 1. The van der Waals surface area contributed by atoms with Gasteiger partial charge in [-0.05, 0) is 43.7 Å². The average Bonchev–Trinajstić information content (AvgIpc) is 3.35. The Bertz CT molecular complexity index is 888. The third-order valence-electron chi connectivity index (χ3n) is 5.53. The summed E-state index contributed by atoms with van der Waals surface area (Å²) in [6, 6.07) is 3.58. The predicted molar refractivity (Wildman–Crippen MR) is 107 cm³/mol. The molecule has 29 heavy (non-hydrogen) atoms. The molecule has 2 aromatic heterocycles. The summed E-state index contributed by atoms with van der Waals surface area (Å²) in [7, 11) is 1.83. The summed E-state index contributed by atoms with van der Waals surface area (Å²) >= 11 is 0. The minimum atomic E-state index is -0.792. The Balaban J connectivity index is 1.31. The second-order valence-corrected chi connectivity index (χ2v) is 7.99. The highest BCUT2D eigenvalue weighted by atomic mass is 16.4. The van der Waals surface area contributed by atoms with E-state index in [0.29, 0.717) is 17.3 Å². The number of nitrogens with zero attached hydrogens (tertiary/aromatic N) is 4. The number of aliphatic carboxylic acids is 1. The molecule has 4 rings (SSSR count). The van der Waals surface area contributed by atoms with Gasteiger partial charge in [-0.3, -0.25) is 19.4 Å². The number of carbonyl (C=O) groups excluding carboxylic acids is 1. The molecule has 154 valence electrons. The molecule has 2 aromatic rings. The van der Waals surface area contributed by atoms with Crippen molar-refractivity contribution in [2.45, 2.75) is 37.8 Å². The van der Waals surface area contributed by atoms with Crippen LogP contribution in [-0.4, -0.2) is 61.9 Å². The Kier molecular flexibility index (Phi) is 5.48. The molecular formula is C20H26N6O3. The molecule has 0 aliphatic heterocycles. The van der Waals surface area contributed by atoms with E-state index in [2.05, 4.69) is 25.6 Å². The van der Waals surface area contributed by atoms with Gasteiger partial charge in [-0.2, -0.15) is 5.10 Å². The minimum absolute atomic E-state index is 0.0500. The molecule has 0 radical (unpaired) electrons. The van der Waals surface area contributed by atoms with Crippen LogP contribution in [0.4, 0.5) is 10.5 Å². The van der Waals surface area contributed by atoms with Crippen LogP contribution in [0.2, 0.25) is 0 Å². The van der Waals surface area contributed by atoms with Crippen molar-refractivity contribution < 1.29 is 14.7 Å². The van der Waals surface area contributed by atoms with E-state index in [1.807, 2.05) is 19.3 Å². The number of aromatic nitrogens is 3. The Morgan fingerprint density at radius 1 is 1.34 bits per heavy atom. The van der Waals surface area contributed by atoms with Gasteiger partial charge in [0.1, 0.15) is 0 Å². The maximum Gasteiger partial charge on any atom is 0.319 e. The third kappa shape index (κ3) is 4.92. The summed E-state index contributed by atoms with van der Waals surface area (Å²) in [5.41, 5.74) is 2.12. The van der Waals surface area contributed by atoms with Gasteiger partial charge in [-0.25, -0.2) is 4.79 Å². The van der Waals surface area contributed by atoms with Gasteiger partial charge >= 0.3 is 12.0 Å². The number of hydrogen-bond donors (Lipinski definition) is 3. The van der Waals surface area contributed by atoms with E-state index in [0.717, 1.165) is 24.9 Å². The first-order chi connectivity index (χ1) is 14.0. The molecule has 0 spiro atoms. The predicted octanol–water partition coefficient (Wildman–Crippen LogP) is 1.93. The van der Waals surface area contributed by atoms with E-state index in [1.165, 1.54) is 12.8 Å². The number of carboxylic acids is 1. The topological polar surface area (TPSA) is 112 Å². The Morgan fingerprint density at radius 2 is 2.14 bits per heavy atom. The number of amides is 2. The lowest BCUT2D eigenvalue weighted by molar-refractivity contribution is -0.139. The molecule has 0 saturated heterocycles. The smallest absolute Gasteiger partial charge is 0.319 e. The van der Waals surface area contributed by atoms with Crippen LogP contribution in [0.5, 0.6) is 0 Å². The highest BCUT2D eigenvalue weighted by Crippen LogP contribution is 2.34. The average molecular weight is 398 g/mol. The maximum atomic E-state index is 12.5. The van der Waals surface area contributed by atoms with Crippen LogP contribution in [-0.2, 0) is 11.8 Å². The number of hydrogen-bond acceptors (Lipinski definition) is 5. The minimum Gasteiger partial charge on any atom is -0.480 e. The normalized spacial score (nSPS) is 20.9. The summed E-state index contributed by atoms with van der Waals surface area (Å²) in [6.07, 6.45) is 9.16. The van der Waals surface area contributed by atoms with Crippen molar-refractivity contribution in [1.29, 1.82) is 0 Å². The number of carbonyl (C=O) groups is 2. The zero-order chi connectivity index (χ0) is 20.4. The summed E-state index contributed by atoms with van der Waals surface area (Å²) in [4.78, 5) is 30.0. The first-order valence-electron chi connectivity index (χ1n) is 9.95. The number of nitrogens with one attached hydrogen (secondary N) is 2. The molecule has 2 aliphatic rings. The maximum absolute atomic E-state index is 12.5. The first kappa shape index (κ1) is 19.4. The summed E-state index contributed by atoms with van der Waals surface area (Å²) in [5.74, 6) is -0.152. The Labute approximate surface area is 169 Å². The van der Waals surface area contributed by atoms with Crippen LogP contribution in [0.25, 0.3) is 11.3 Å². The molecule has 0 unspecified atom stereocenters. The van der Waals surface area contributed by atoms with E-state index in [1.54, 1.807) is 23.1 Å². The highest BCUT2D eigenvalue weighted by Gasteiger charge is 2.37. The second-order valence-electron chi connectivity index (χ2n) is 7.99. The zero-order valence-corrected chi connectivity index (χ0v) is 16.4. The SMILES string of the molecule is Cn1cc(-c2ncccc2NC(=O)NC2CC(N(CC(=O)O)CC3CC3)C2)cn1. The van der Waals surface area contributed by atoms with Gasteiger partial charge in [0, 0.05) is 43.6 Å². The fraction of sp³-hybridized carbons (Fsp3) is 0.500. The summed E-state index contributed by atoms with van der Waals surface area (Å²) < 4.78 is 1.69. The van der Waals surface area contributed by atoms with Crippen LogP contribution in [0.3, 0.4) is 0 Å². The number of urea groups is 1. The van der Waals surface area contributed by atoms with E-state index >= 15 is 0 Å². The molecule has 2 saturated carbocycles. The lowest BCUT2D eigenvalue weighted by Crippen LogP contribution is -2.55. The molecule has 2 aliphatic carbocycles.